The molecule has 5 aromatic rings. The number of hydrogen-bond acceptors (Lipinski definition) is 12. The van der Waals surface area contributed by atoms with Gasteiger partial charge in [-0.15, -0.1) is 5.10 Å². The van der Waals surface area contributed by atoms with Gasteiger partial charge in [-0.25, -0.2) is 19.4 Å². The third-order valence-corrected chi connectivity index (χ3v) is 11.0. The van der Waals surface area contributed by atoms with Gasteiger partial charge in [0.2, 0.25) is 5.91 Å². The molecule has 0 bridgehead atoms. The minimum atomic E-state index is -0.466. The van der Waals surface area contributed by atoms with Crippen molar-refractivity contribution in [2.45, 2.75) is 57.4 Å². The van der Waals surface area contributed by atoms with Crippen LogP contribution in [-0.2, 0) is 4.79 Å². The number of piperazine rings is 1. The van der Waals surface area contributed by atoms with E-state index in [0.717, 1.165) is 80.9 Å². The van der Waals surface area contributed by atoms with Crippen molar-refractivity contribution >= 4 is 40.0 Å². The third-order valence-electron chi connectivity index (χ3n) is 11.0. The van der Waals surface area contributed by atoms with Crippen LogP contribution < -0.4 is 20.4 Å². The molecule has 3 fully saturated rings. The van der Waals surface area contributed by atoms with Gasteiger partial charge in [0.15, 0.2) is 11.5 Å². The lowest BCUT2D eigenvalue weighted by Gasteiger charge is -2.37. The summed E-state index contributed by atoms with van der Waals surface area (Å²) in [5.41, 5.74) is 5.30. The van der Waals surface area contributed by atoms with Gasteiger partial charge in [0.05, 0.1) is 41.6 Å². The van der Waals surface area contributed by atoms with E-state index in [0.29, 0.717) is 53.2 Å². The van der Waals surface area contributed by atoms with Crippen LogP contribution in [0.1, 0.15) is 62.6 Å². The number of carbonyl (C=O) groups excluding carboxylic acids is 2. The monoisotopic (exact) mass is 738 g/mol. The molecule has 2 saturated heterocycles. The van der Waals surface area contributed by atoms with Gasteiger partial charge in [-0.2, -0.15) is 20.3 Å². The number of benzene rings is 1. The van der Waals surface area contributed by atoms with Gasteiger partial charge >= 0.3 is 6.03 Å². The molecule has 2 aliphatic heterocycles. The number of carbonyl (C=O) groups is 2. The van der Waals surface area contributed by atoms with Crippen LogP contribution in [0.15, 0.2) is 61.2 Å². The first-order valence-electron chi connectivity index (χ1n) is 18.9. The number of nitriles is 2. The number of anilines is 3. The molecule has 4 aromatic heterocycles. The zero-order valence-corrected chi connectivity index (χ0v) is 30.7. The van der Waals surface area contributed by atoms with Gasteiger partial charge in [0, 0.05) is 74.1 Å². The predicted octanol–water partition coefficient (Wildman–Crippen LogP) is 4.52. The number of hydrogen-bond donors (Lipinski definition) is 2. The Hall–Kier alpha value is -6.39. The summed E-state index contributed by atoms with van der Waals surface area (Å²) in [7, 11) is 0. The lowest BCUT2D eigenvalue weighted by atomic mass is 9.79. The van der Waals surface area contributed by atoms with Crippen molar-refractivity contribution in [1.29, 1.82) is 10.5 Å². The van der Waals surface area contributed by atoms with E-state index >= 15 is 0 Å². The molecule has 0 unspecified atom stereocenters. The lowest BCUT2D eigenvalue weighted by molar-refractivity contribution is -0.120. The fraction of sp³-hybridized carbons (Fsp3) is 0.410. The number of fused-ring (bicyclic) bond motifs is 1. The highest BCUT2D eigenvalue weighted by molar-refractivity contribution is 6.05. The Labute approximate surface area is 318 Å². The fourth-order valence-electron chi connectivity index (χ4n) is 7.84. The second-order valence-corrected chi connectivity index (χ2v) is 14.6. The first kappa shape index (κ1) is 35.6. The summed E-state index contributed by atoms with van der Waals surface area (Å²) < 4.78 is 3.34. The SMILES string of the molecule is C[C@H](C#N)Nc1cc(-n2ncc3cc(C#N)cnc32)ncc1-n1cc(C2CCC(CCN3CCN(c4ccc(N5CCC(=O)NC5=O)cc4)CC3)CC2)nn1. The number of aromatic nitrogens is 7. The number of nitrogens with zero attached hydrogens (tertiary/aromatic N) is 12. The van der Waals surface area contributed by atoms with E-state index in [1.807, 2.05) is 24.4 Å². The summed E-state index contributed by atoms with van der Waals surface area (Å²) in [6, 6.07) is 15.1. The van der Waals surface area contributed by atoms with Gasteiger partial charge < -0.3 is 10.2 Å². The molecular formula is C39H42N14O2. The topological polar surface area (TPSA) is 190 Å². The molecule has 1 aliphatic carbocycles. The average molecular weight is 739 g/mol. The minimum Gasteiger partial charge on any atom is -0.369 e. The van der Waals surface area contributed by atoms with Crippen molar-refractivity contribution in [2.24, 2.45) is 5.92 Å². The second kappa shape index (κ2) is 15.5. The maximum atomic E-state index is 12.2. The Morgan fingerprint density at radius 3 is 2.47 bits per heavy atom. The lowest BCUT2D eigenvalue weighted by Crippen LogP contribution is -2.49. The first-order chi connectivity index (χ1) is 26.8. The molecule has 280 valence electrons. The van der Waals surface area contributed by atoms with Crippen LogP contribution >= 0.6 is 0 Å². The largest absolute Gasteiger partial charge is 0.369 e. The fourth-order valence-corrected chi connectivity index (χ4v) is 7.84. The molecule has 3 amide bonds. The number of rotatable bonds is 10. The van der Waals surface area contributed by atoms with Crippen molar-refractivity contribution in [3.8, 4) is 23.6 Å². The van der Waals surface area contributed by atoms with Gasteiger partial charge in [-0.1, -0.05) is 5.21 Å². The molecule has 3 aliphatic rings. The van der Waals surface area contributed by atoms with Gasteiger partial charge in [-0.05, 0) is 81.8 Å². The second-order valence-electron chi connectivity index (χ2n) is 14.6. The van der Waals surface area contributed by atoms with Crippen LogP contribution in [0.5, 0.6) is 0 Å². The Morgan fingerprint density at radius 2 is 1.73 bits per heavy atom. The molecule has 0 spiro atoms. The Balaban J connectivity index is 0.836. The maximum absolute atomic E-state index is 12.2. The number of imide groups is 1. The minimum absolute atomic E-state index is 0.225. The molecule has 16 heteroatoms. The molecule has 6 heterocycles. The van der Waals surface area contributed by atoms with Crippen molar-refractivity contribution in [1.82, 2.24) is 45.0 Å². The summed E-state index contributed by atoms with van der Waals surface area (Å²) in [4.78, 5) is 39.4. The standard InChI is InChI=1S/C39H42N14O2/c1-26(20-40)45-33-19-36(53-38-30(23-44-53)18-28(21-41)22-43-38)42-24-35(33)52-25-34(47-48-52)29-4-2-27(3-5-29)10-12-49-14-16-50(17-15-49)31-6-8-32(9-7-31)51-13-11-37(54)46-39(51)55/h6-9,18-19,22-27,29H,2-5,10-17H2,1H3,(H,42,45)(H,46,54,55)/t26-,27?,29?/m1/s1. The number of pyridine rings is 2. The van der Waals surface area contributed by atoms with Gasteiger partial charge in [0.25, 0.3) is 0 Å². The van der Waals surface area contributed by atoms with E-state index in [1.54, 1.807) is 39.6 Å². The zero-order valence-electron chi connectivity index (χ0n) is 30.7. The van der Waals surface area contributed by atoms with Crippen molar-refractivity contribution in [2.75, 3.05) is 54.4 Å². The van der Waals surface area contributed by atoms with Crippen molar-refractivity contribution < 1.29 is 9.59 Å². The molecule has 2 N–H and O–H groups in total. The normalized spacial score (nSPS) is 19.8. The number of nitrogens with one attached hydrogen (secondary N) is 2. The first-order valence-corrected chi connectivity index (χ1v) is 18.9. The Morgan fingerprint density at radius 1 is 0.945 bits per heavy atom. The maximum Gasteiger partial charge on any atom is 0.328 e. The highest BCUT2D eigenvalue weighted by atomic mass is 16.2. The highest BCUT2D eigenvalue weighted by Crippen LogP contribution is 2.37. The van der Waals surface area contributed by atoms with Crippen molar-refractivity contribution in [3.63, 3.8) is 0 Å². The summed E-state index contributed by atoms with van der Waals surface area (Å²) >= 11 is 0. The smallest absolute Gasteiger partial charge is 0.328 e. The molecule has 0 radical (unpaired) electrons. The molecule has 1 saturated carbocycles. The van der Waals surface area contributed by atoms with E-state index in [2.05, 4.69) is 70.1 Å². The predicted molar refractivity (Wildman–Crippen MR) is 205 cm³/mol. The van der Waals surface area contributed by atoms with E-state index in [9.17, 15) is 20.1 Å². The van der Waals surface area contributed by atoms with Crippen LogP contribution in [0.2, 0.25) is 0 Å². The van der Waals surface area contributed by atoms with Crippen LogP contribution in [0, 0.1) is 28.6 Å². The molecule has 1 atom stereocenters. The summed E-state index contributed by atoms with van der Waals surface area (Å²) in [5.74, 6) is 1.32. The van der Waals surface area contributed by atoms with Gasteiger partial charge in [0.1, 0.15) is 17.8 Å². The zero-order chi connectivity index (χ0) is 37.9. The van der Waals surface area contributed by atoms with Crippen LogP contribution in [-0.4, -0.2) is 96.9 Å². The highest BCUT2D eigenvalue weighted by Gasteiger charge is 2.27. The molecule has 16 nitrogen and oxygen atoms in total. The summed E-state index contributed by atoms with van der Waals surface area (Å²) in [6.45, 7) is 7.27. The van der Waals surface area contributed by atoms with E-state index in [1.165, 1.54) is 12.6 Å². The molecular weight excluding hydrogens is 697 g/mol. The van der Waals surface area contributed by atoms with E-state index in [-0.39, 0.29) is 11.9 Å². The molecule has 55 heavy (non-hydrogen) atoms. The average Bonchev–Trinajstić information content (AvgIpc) is 3.88. The molecule has 8 rings (SSSR count). The molecule has 1 aromatic carbocycles. The van der Waals surface area contributed by atoms with Crippen LogP contribution in [0.4, 0.5) is 21.9 Å². The van der Waals surface area contributed by atoms with Crippen molar-refractivity contribution in [3.05, 3.63) is 72.4 Å². The van der Waals surface area contributed by atoms with Crippen LogP contribution in [0.3, 0.4) is 0 Å². The van der Waals surface area contributed by atoms with Crippen LogP contribution in [0.25, 0.3) is 22.5 Å². The summed E-state index contributed by atoms with van der Waals surface area (Å²) in [5, 5.41) is 38.7. The Bertz CT molecular complexity index is 2270. The number of urea groups is 1. The third kappa shape index (κ3) is 7.67. The van der Waals surface area contributed by atoms with E-state index in [4.69, 9.17) is 0 Å². The summed E-state index contributed by atoms with van der Waals surface area (Å²) in [6.07, 6.45) is 12.8. The Kier molecular flexibility index (Phi) is 10.1. The quantitative estimate of drug-likeness (QED) is 0.204. The number of amides is 3. The van der Waals surface area contributed by atoms with E-state index < -0.39 is 6.04 Å². The van der Waals surface area contributed by atoms with Gasteiger partial charge in [-0.3, -0.25) is 19.9 Å².